The number of hydrogen-bond acceptors (Lipinski definition) is 9. The first-order chi connectivity index (χ1) is 16.3. The van der Waals surface area contributed by atoms with Crippen molar-refractivity contribution in [3.05, 3.63) is 48.0 Å². The zero-order valence-electron chi connectivity index (χ0n) is 19.5. The van der Waals surface area contributed by atoms with E-state index in [1.54, 1.807) is 4.57 Å². The molecule has 5 N–H and O–H groups in total. The van der Waals surface area contributed by atoms with E-state index in [9.17, 15) is 15.0 Å². The molecule has 11 nitrogen and oxygen atoms in total. The number of anilines is 1. The number of aliphatic hydroxyl groups excluding tert-OH is 2. The van der Waals surface area contributed by atoms with Gasteiger partial charge in [0.25, 0.3) is 0 Å². The molecule has 3 aromatic rings. The predicted octanol–water partition coefficient (Wildman–Crippen LogP) is -0.104. The molecule has 1 aromatic carbocycles. The van der Waals surface area contributed by atoms with Gasteiger partial charge in [0.1, 0.15) is 18.5 Å². The topological polar surface area (TPSA) is 152 Å². The Morgan fingerprint density at radius 2 is 2.00 bits per heavy atom. The van der Waals surface area contributed by atoms with Gasteiger partial charge in [0.15, 0.2) is 23.2 Å². The van der Waals surface area contributed by atoms with Gasteiger partial charge in [0.2, 0.25) is 5.91 Å². The molecule has 1 aliphatic rings. The molecule has 4 rings (SSSR count). The Morgan fingerprint density at radius 3 is 2.68 bits per heavy atom. The summed E-state index contributed by atoms with van der Waals surface area (Å²) in [6.45, 7) is 1.64. The predicted molar refractivity (Wildman–Crippen MR) is 126 cm³/mol. The van der Waals surface area contributed by atoms with Crippen molar-refractivity contribution in [2.45, 2.75) is 50.3 Å². The Balaban J connectivity index is 1.45. The zero-order chi connectivity index (χ0) is 24.4. The van der Waals surface area contributed by atoms with Gasteiger partial charge in [-0.1, -0.05) is 29.8 Å². The van der Waals surface area contributed by atoms with Gasteiger partial charge in [-0.25, -0.2) is 15.0 Å². The summed E-state index contributed by atoms with van der Waals surface area (Å²) >= 11 is 0. The highest BCUT2D eigenvalue weighted by Gasteiger charge is 2.45. The van der Waals surface area contributed by atoms with Crippen molar-refractivity contribution in [1.29, 1.82) is 0 Å². The number of nitrogens with zero attached hydrogens (tertiary/aromatic N) is 5. The van der Waals surface area contributed by atoms with E-state index in [2.05, 4.69) is 20.3 Å². The number of nitrogens with two attached hydrogens (primary N) is 1. The first-order valence-corrected chi connectivity index (χ1v) is 11.2. The van der Waals surface area contributed by atoms with E-state index in [-0.39, 0.29) is 25.0 Å². The highest BCUT2D eigenvalue weighted by Crippen LogP contribution is 2.32. The fourth-order valence-corrected chi connectivity index (χ4v) is 4.24. The van der Waals surface area contributed by atoms with Gasteiger partial charge < -0.3 is 30.9 Å². The van der Waals surface area contributed by atoms with E-state index >= 15 is 0 Å². The molecule has 5 unspecified atom stereocenters. The van der Waals surface area contributed by atoms with Gasteiger partial charge >= 0.3 is 0 Å². The van der Waals surface area contributed by atoms with Crippen molar-refractivity contribution in [3.8, 4) is 0 Å². The lowest BCUT2D eigenvalue weighted by Gasteiger charge is -2.22. The van der Waals surface area contributed by atoms with Crippen LogP contribution >= 0.6 is 0 Å². The Morgan fingerprint density at radius 1 is 1.26 bits per heavy atom. The Hall–Kier alpha value is -3.12. The van der Waals surface area contributed by atoms with E-state index in [0.717, 1.165) is 11.1 Å². The van der Waals surface area contributed by atoms with Gasteiger partial charge in [-0.2, -0.15) is 0 Å². The number of amides is 1. The maximum Gasteiger partial charge on any atom is 0.221 e. The minimum absolute atomic E-state index is 0.0767. The number of imidazole rings is 1. The normalized spacial score (nSPS) is 23.2. The zero-order valence-corrected chi connectivity index (χ0v) is 19.5. The van der Waals surface area contributed by atoms with Crippen LogP contribution in [-0.2, 0) is 16.0 Å². The summed E-state index contributed by atoms with van der Waals surface area (Å²) in [5, 5.41) is 23.7. The van der Waals surface area contributed by atoms with Crippen LogP contribution < -0.4 is 16.0 Å². The molecule has 3 heterocycles. The van der Waals surface area contributed by atoms with Crippen LogP contribution in [0.15, 0.2) is 36.9 Å². The van der Waals surface area contributed by atoms with Crippen LogP contribution in [-0.4, -0.2) is 80.6 Å². The van der Waals surface area contributed by atoms with Gasteiger partial charge in [-0.3, -0.25) is 9.36 Å². The highest BCUT2D eigenvalue weighted by molar-refractivity contribution is 5.83. The third kappa shape index (κ3) is 4.87. The quantitative estimate of drug-likeness (QED) is 0.354. The summed E-state index contributed by atoms with van der Waals surface area (Å²) in [7, 11) is 3.69. The Bertz CT molecular complexity index is 1130. The standard InChI is InChI=1S/C23H31N7O4/c1-13-4-6-14(7-5-13)8-15(24)9-17(32)28-18-16(10-31)34-23(20(18)33)30-12-27-19-21(29(2)3)25-11-26-22(19)30/h4-7,11-12,15-16,18,20,23,31,33H,8-10,24H2,1-3H3,(H,28,32). The van der Waals surface area contributed by atoms with Gasteiger partial charge in [-0.05, 0) is 18.9 Å². The Kier molecular flexibility index (Phi) is 7.08. The molecule has 1 fully saturated rings. The number of ether oxygens (including phenoxy) is 1. The number of carbonyl (C=O) groups excluding carboxylic acids is 1. The van der Waals surface area contributed by atoms with E-state index in [1.807, 2.05) is 50.2 Å². The molecule has 11 heteroatoms. The molecule has 0 radical (unpaired) electrons. The van der Waals surface area contributed by atoms with E-state index in [0.29, 0.717) is 23.4 Å². The molecular weight excluding hydrogens is 438 g/mol. The summed E-state index contributed by atoms with van der Waals surface area (Å²) in [5.74, 6) is 0.307. The number of aliphatic hydroxyl groups is 2. The van der Waals surface area contributed by atoms with Gasteiger partial charge in [0.05, 0.1) is 19.0 Å². The second-order valence-electron chi connectivity index (χ2n) is 8.90. The largest absolute Gasteiger partial charge is 0.394 e. The lowest BCUT2D eigenvalue weighted by atomic mass is 10.0. The van der Waals surface area contributed by atoms with Crippen LogP contribution in [0.25, 0.3) is 11.2 Å². The molecule has 0 saturated carbocycles. The molecule has 0 aliphatic carbocycles. The first-order valence-electron chi connectivity index (χ1n) is 11.2. The van der Waals surface area contributed by atoms with E-state index in [1.165, 1.54) is 12.7 Å². The second-order valence-corrected chi connectivity index (χ2v) is 8.90. The van der Waals surface area contributed by atoms with Crippen LogP contribution in [0, 0.1) is 6.92 Å². The summed E-state index contributed by atoms with van der Waals surface area (Å²) in [6, 6.07) is 6.80. The third-order valence-electron chi connectivity index (χ3n) is 5.99. The average molecular weight is 470 g/mol. The summed E-state index contributed by atoms with van der Waals surface area (Å²) < 4.78 is 7.49. The molecule has 0 bridgehead atoms. The molecular formula is C23H31N7O4. The average Bonchev–Trinajstić information content (AvgIpc) is 3.36. The van der Waals surface area contributed by atoms with Crippen LogP contribution in [0.1, 0.15) is 23.8 Å². The number of fused-ring (bicyclic) bond motifs is 1. The van der Waals surface area contributed by atoms with Crippen molar-refractivity contribution < 1.29 is 19.7 Å². The smallest absolute Gasteiger partial charge is 0.221 e. The molecule has 2 aromatic heterocycles. The van der Waals surface area contributed by atoms with Crippen molar-refractivity contribution in [2.75, 3.05) is 25.6 Å². The fraction of sp³-hybridized carbons (Fsp3) is 0.478. The second kappa shape index (κ2) is 10.0. The molecule has 5 atom stereocenters. The number of carbonyl (C=O) groups is 1. The van der Waals surface area contributed by atoms with Crippen molar-refractivity contribution in [3.63, 3.8) is 0 Å². The maximum absolute atomic E-state index is 12.7. The summed E-state index contributed by atoms with van der Waals surface area (Å²) in [6.07, 6.45) is 0.727. The van der Waals surface area contributed by atoms with Crippen LogP contribution in [0.2, 0.25) is 0 Å². The van der Waals surface area contributed by atoms with Crippen molar-refractivity contribution in [2.24, 2.45) is 5.73 Å². The molecule has 34 heavy (non-hydrogen) atoms. The van der Waals surface area contributed by atoms with Gasteiger partial charge in [-0.15, -0.1) is 0 Å². The fourth-order valence-electron chi connectivity index (χ4n) is 4.24. The maximum atomic E-state index is 12.7. The van der Waals surface area contributed by atoms with E-state index < -0.39 is 24.5 Å². The van der Waals surface area contributed by atoms with Crippen LogP contribution in [0.5, 0.6) is 0 Å². The third-order valence-corrected chi connectivity index (χ3v) is 5.99. The highest BCUT2D eigenvalue weighted by atomic mass is 16.5. The molecule has 1 aliphatic heterocycles. The molecule has 182 valence electrons. The van der Waals surface area contributed by atoms with E-state index in [4.69, 9.17) is 10.5 Å². The number of benzene rings is 1. The lowest BCUT2D eigenvalue weighted by molar-refractivity contribution is -0.123. The van der Waals surface area contributed by atoms with Gasteiger partial charge in [0, 0.05) is 26.6 Å². The Labute approximate surface area is 197 Å². The van der Waals surface area contributed by atoms with Crippen LogP contribution in [0.3, 0.4) is 0 Å². The summed E-state index contributed by atoms with van der Waals surface area (Å²) in [5.41, 5.74) is 9.43. The monoisotopic (exact) mass is 469 g/mol. The van der Waals surface area contributed by atoms with Crippen molar-refractivity contribution >= 4 is 22.9 Å². The SMILES string of the molecule is Cc1ccc(CC(N)CC(=O)NC2C(CO)OC(n3cnc4c(N(C)C)ncnc43)C2O)cc1. The molecule has 1 amide bonds. The number of aromatic nitrogens is 4. The first kappa shape index (κ1) is 24.0. The molecule has 0 spiro atoms. The minimum Gasteiger partial charge on any atom is -0.394 e. The number of nitrogens with one attached hydrogen (secondary N) is 1. The number of hydrogen-bond donors (Lipinski definition) is 4. The minimum atomic E-state index is -1.13. The number of rotatable bonds is 8. The summed E-state index contributed by atoms with van der Waals surface area (Å²) in [4.78, 5) is 27.4. The lowest BCUT2D eigenvalue weighted by Crippen LogP contribution is -2.49. The van der Waals surface area contributed by atoms with Crippen molar-refractivity contribution in [1.82, 2.24) is 24.8 Å². The number of aryl methyl sites for hydroxylation is 1. The van der Waals surface area contributed by atoms with Crippen LogP contribution in [0.4, 0.5) is 5.82 Å². The molecule has 1 saturated heterocycles.